The third-order valence-corrected chi connectivity index (χ3v) is 5.07. The smallest absolute Gasteiger partial charge is 0.222 e. The second-order valence-electron chi connectivity index (χ2n) is 5.42. The monoisotopic (exact) mass is 273 g/mol. The summed E-state index contributed by atoms with van der Waals surface area (Å²) in [5.74, 6) is 0.931. The molecule has 1 atom stereocenters. The molecule has 1 heterocycles. The van der Waals surface area contributed by atoms with Gasteiger partial charge in [0.2, 0.25) is 5.91 Å². The molecule has 1 aliphatic heterocycles. The second kappa shape index (κ2) is 4.44. The number of halogens is 1. The molecule has 2 rings (SSSR count). The maximum Gasteiger partial charge on any atom is 0.222 e. The van der Waals surface area contributed by atoms with Crippen LogP contribution in [0.4, 0.5) is 0 Å². The van der Waals surface area contributed by atoms with Crippen molar-refractivity contribution in [1.82, 2.24) is 4.90 Å². The largest absolute Gasteiger partial charge is 0.342 e. The van der Waals surface area contributed by atoms with Crippen LogP contribution in [-0.4, -0.2) is 29.2 Å². The Labute approximate surface area is 101 Å². The minimum atomic E-state index is 0.370. The summed E-state index contributed by atoms with van der Waals surface area (Å²) in [4.78, 5) is 13.8. The molecule has 1 aliphatic carbocycles. The quantitative estimate of drug-likeness (QED) is 0.725. The molecule has 1 saturated heterocycles. The summed E-state index contributed by atoms with van der Waals surface area (Å²) in [6.07, 6.45) is 6.01. The van der Waals surface area contributed by atoms with Crippen molar-refractivity contribution in [3.63, 3.8) is 0 Å². The van der Waals surface area contributed by atoms with E-state index in [-0.39, 0.29) is 0 Å². The van der Waals surface area contributed by atoms with Crippen molar-refractivity contribution in [3.05, 3.63) is 0 Å². The number of nitrogens with zero attached hydrogens (tertiary/aromatic N) is 1. The lowest BCUT2D eigenvalue weighted by atomic mass is 9.88. The lowest BCUT2D eigenvalue weighted by molar-refractivity contribution is -0.128. The van der Waals surface area contributed by atoms with Crippen LogP contribution >= 0.6 is 15.9 Å². The van der Waals surface area contributed by atoms with Gasteiger partial charge in [-0.15, -0.1) is 0 Å². The molecule has 3 heteroatoms. The molecule has 0 aromatic rings. The zero-order valence-corrected chi connectivity index (χ0v) is 11.1. The van der Waals surface area contributed by atoms with E-state index in [1.54, 1.807) is 0 Å². The fraction of sp³-hybridized carbons (Fsp3) is 0.917. The number of hydrogen-bond acceptors (Lipinski definition) is 1. The van der Waals surface area contributed by atoms with Gasteiger partial charge in [-0.25, -0.2) is 0 Å². The van der Waals surface area contributed by atoms with E-state index < -0.39 is 0 Å². The Balaban J connectivity index is 1.98. The van der Waals surface area contributed by atoms with Crippen molar-refractivity contribution >= 4 is 21.8 Å². The topological polar surface area (TPSA) is 20.3 Å². The minimum absolute atomic E-state index is 0.370. The molecular formula is C12H20BrNO. The van der Waals surface area contributed by atoms with Gasteiger partial charge in [-0.05, 0) is 24.2 Å². The summed E-state index contributed by atoms with van der Waals surface area (Å²) >= 11 is 3.64. The molecular weight excluding hydrogens is 254 g/mol. The first kappa shape index (κ1) is 11.4. The number of carbonyl (C=O) groups excluding carboxylic acids is 1. The molecule has 15 heavy (non-hydrogen) atoms. The molecule has 0 spiro atoms. The van der Waals surface area contributed by atoms with Gasteiger partial charge in [0.15, 0.2) is 0 Å². The summed E-state index contributed by atoms with van der Waals surface area (Å²) in [6, 6.07) is 0. The summed E-state index contributed by atoms with van der Waals surface area (Å²) in [7, 11) is 0. The first-order valence-electron chi connectivity index (χ1n) is 5.99. The van der Waals surface area contributed by atoms with Crippen LogP contribution in [0.1, 0.15) is 39.0 Å². The molecule has 1 amide bonds. The number of likely N-dealkylation sites (tertiary alicyclic amines) is 1. The van der Waals surface area contributed by atoms with Crippen LogP contribution in [0.25, 0.3) is 0 Å². The van der Waals surface area contributed by atoms with E-state index in [9.17, 15) is 4.79 Å². The van der Waals surface area contributed by atoms with E-state index >= 15 is 0 Å². The molecule has 0 aromatic carbocycles. The third-order valence-electron chi connectivity index (χ3n) is 3.88. The van der Waals surface area contributed by atoms with Crippen molar-refractivity contribution in [2.45, 2.75) is 39.0 Å². The Morgan fingerprint density at radius 1 is 1.47 bits per heavy atom. The third kappa shape index (κ3) is 2.38. The predicted molar refractivity (Wildman–Crippen MR) is 65.1 cm³/mol. The Morgan fingerprint density at radius 3 is 2.60 bits per heavy atom. The molecule has 2 nitrogen and oxygen atoms in total. The van der Waals surface area contributed by atoms with Crippen LogP contribution in [0.5, 0.6) is 0 Å². The fourth-order valence-electron chi connectivity index (χ4n) is 2.99. The highest BCUT2D eigenvalue weighted by atomic mass is 79.9. The van der Waals surface area contributed by atoms with Crippen LogP contribution in [0.3, 0.4) is 0 Å². The number of carbonyl (C=O) groups is 1. The van der Waals surface area contributed by atoms with Crippen molar-refractivity contribution in [2.75, 3.05) is 18.4 Å². The van der Waals surface area contributed by atoms with Gasteiger partial charge in [0, 0.05) is 24.8 Å². The van der Waals surface area contributed by atoms with E-state index in [1.165, 1.54) is 25.7 Å². The molecule has 0 radical (unpaired) electrons. The maximum absolute atomic E-state index is 11.7. The lowest BCUT2D eigenvalue weighted by Crippen LogP contribution is -2.38. The maximum atomic E-state index is 11.7. The lowest BCUT2D eigenvalue weighted by Gasteiger charge is -2.32. The highest BCUT2D eigenvalue weighted by Crippen LogP contribution is 2.41. The van der Waals surface area contributed by atoms with Crippen molar-refractivity contribution in [2.24, 2.45) is 11.3 Å². The SMILES string of the molecule is CC1CC(=O)N(CC2(CBr)CCCC2)C1. The van der Waals surface area contributed by atoms with E-state index in [0.29, 0.717) is 17.2 Å². The molecule has 0 N–H and O–H groups in total. The van der Waals surface area contributed by atoms with Gasteiger partial charge >= 0.3 is 0 Å². The Kier molecular flexibility index (Phi) is 3.39. The van der Waals surface area contributed by atoms with E-state index in [2.05, 4.69) is 27.8 Å². The highest BCUT2D eigenvalue weighted by molar-refractivity contribution is 9.09. The minimum Gasteiger partial charge on any atom is -0.342 e. The average Bonchev–Trinajstić information content (AvgIpc) is 2.76. The average molecular weight is 274 g/mol. The Bertz CT molecular complexity index is 248. The van der Waals surface area contributed by atoms with Crippen LogP contribution in [0.15, 0.2) is 0 Å². The Morgan fingerprint density at radius 2 is 2.13 bits per heavy atom. The van der Waals surface area contributed by atoms with E-state index in [4.69, 9.17) is 0 Å². The molecule has 1 saturated carbocycles. The highest BCUT2D eigenvalue weighted by Gasteiger charge is 2.38. The molecule has 1 unspecified atom stereocenters. The van der Waals surface area contributed by atoms with E-state index in [1.807, 2.05) is 0 Å². The zero-order valence-electron chi connectivity index (χ0n) is 9.47. The Hall–Kier alpha value is -0.0500. The van der Waals surface area contributed by atoms with Gasteiger partial charge in [-0.3, -0.25) is 4.79 Å². The van der Waals surface area contributed by atoms with Gasteiger partial charge < -0.3 is 4.90 Å². The van der Waals surface area contributed by atoms with Crippen LogP contribution in [0, 0.1) is 11.3 Å². The number of alkyl halides is 1. The zero-order chi connectivity index (χ0) is 10.9. The van der Waals surface area contributed by atoms with E-state index in [0.717, 1.165) is 24.8 Å². The first-order chi connectivity index (χ1) is 7.15. The molecule has 0 aromatic heterocycles. The predicted octanol–water partition coefficient (Wildman–Crippen LogP) is 2.81. The standard InChI is InChI=1S/C12H20BrNO/c1-10-6-11(15)14(7-10)9-12(8-13)4-2-3-5-12/h10H,2-9H2,1H3. The van der Waals surface area contributed by atoms with Crippen LogP contribution in [-0.2, 0) is 4.79 Å². The summed E-state index contributed by atoms with van der Waals surface area (Å²) in [5, 5.41) is 1.05. The van der Waals surface area contributed by atoms with Crippen molar-refractivity contribution in [3.8, 4) is 0 Å². The van der Waals surface area contributed by atoms with Crippen LogP contribution in [0.2, 0.25) is 0 Å². The number of hydrogen-bond donors (Lipinski definition) is 0. The van der Waals surface area contributed by atoms with Gasteiger partial charge in [0.25, 0.3) is 0 Å². The summed E-state index contributed by atoms with van der Waals surface area (Å²) in [6.45, 7) is 4.14. The van der Waals surface area contributed by atoms with Gasteiger partial charge in [0.1, 0.15) is 0 Å². The molecule has 2 aliphatic rings. The summed E-state index contributed by atoms with van der Waals surface area (Å²) in [5.41, 5.74) is 0.389. The van der Waals surface area contributed by atoms with Crippen molar-refractivity contribution in [1.29, 1.82) is 0 Å². The van der Waals surface area contributed by atoms with Crippen LogP contribution < -0.4 is 0 Å². The van der Waals surface area contributed by atoms with Gasteiger partial charge in [0.05, 0.1) is 0 Å². The van der Waals surface area contributed by atoms with Gasteiger partial charge in [-0.1, -0.05) is 35.7 Å². The molecule has 86 valence electrons. The number of rotatable bonds is 3. The molecule has 0 bridgehead atoms. The molecule has 2 fully saturated rings. The summed E-state index contributed by atoms with van der Waals surface area (Å²) < 4.78 is 0. The first-order valence-corrected chi connectivity index (χ1v) is 7.11. The normalized spacial score (nSPS) is 30.1. The van der Waals surface area contributed by atoms with Crippen molar-refractivity contribution < 1.29 is 4.79 Å². The fourth-order valence-corrected chi connectivity index (χ4v) is 3.72. The second-order valence-corrected chi connectivity index (χ2v) is 5.99. The number of amides is 1. The van der Waals surface area contributed by atoms with Gasteiger partial charge in [-0.2, -0.15) is 0 Å².